The molecule has 0 N–H and O–H groups in total. The third-order valence-electron chi connectivity index (χ3n) is 5.83. The fourth-order valence-electron chi connectivity index (χ4n) is 4.90. The van der Waals surface area contributed by atoms with Gasteiger partial charge in [0, 0.05) is 29.1 Å². The molecule has 2 unspecified atom stereocenters. The number of piperidine rings is 1. The lowest BCUT2D eigenvalue weighted by atomic mass is 9.80. The van der Waals surface area contributed by atoms with E-state index in [2.05, 4.69) is 52.3 Å². The number of terminal acetylenes is 1. The van der Waals surface area contributed by atoms with Crippen LogP contribution in [0.25, 0.3) is 16.6 Å². The summed E-state index contributed by atoms with van der Waals surface area (Å²) < 4.78 is 2.41. The summed E-state index contributed by atoms with van der Waals surface area (Å²) in [5.41, 5.74) is 6.23. The fraction of sp³-hybridized carbons (Fsp3) is 0.333. The highest BCUT2D eigenvalue weighted by atomic mass is 15.2. The molecule has 3 aliphatic heterocycles. The minimum Gasteiger partial charge on any atom is -0.311 e. The van der Waals surface area contributed by atoms with Gasteiger partial charge in [-0.3, -0.25) is 4.90 Å². The maximum atomic E-state index is 5.71. The first-order valence-electron chi connectivity index (χ1n) is 8.54. The summed E-state index contributed by atoms with van der Waals surface area (Å²) >= 11 is 0. The van der Waals surface area contributed by atoms with Crippen LogP contribution < -0.4 is 0 Å². The van der Waals surface area contributed by atoms with E-state index in [1.807, 2.05) is 0 Å². The molecule has 0 aliphatic carbocycles. The van der Waals surface area contributed by atoms with Gasteiger partial charge in [-0.1, -0.05) is 36.8 Å². The van der Waals surface area contributed by atoms with Crippen molar-refractivity contribution in [2.24, 2.45) is 5.92 Å². The van der Waals surface area contributed by atoms with Crippen molar-refractivity contribution < 1.29 is 0 Å². The summed E-state index contributed by atoms with van der Waals surface area (Å²) in [6, 6.07) is 9.28. The van der Waals surface area contributed by atoms with E-state index in [0.29, 0.717) is 12.0 Å². The van der Waals surface area contributed by atoms with Gasteiger partial charge in [-0.2, -0.15) is 0 Å². The highest BCUT2D eigenvalue weighted by molar-refractivity contribution is 5.92. The van der Waals surface area contributed by atoms with Gasteiger partial charge in [-0.05, 0) is 37.4 Å². The molecule has 2 atom stereocenters. The summed E-state index contributed by atoms with van der Waals surface area (Å²) in [5, 5.41) is 1.39. The van der Waals surface area contributed by atoms with E-state index in [1.165, 1.54) is 48.1 Å². The van der Waals surface area contributed by atoms with Crippen LogP contribution in [-0.2, 0) is 6.42 Å². The van der Waals surface area contributed by atoms with Crippen molar-refractivity contribution in [3.63, 3.8) is 0 Å². The lowest BCUT2D eigenvalue weighted by Gasteiger charge is -2.46. The molecule has 1 fully saturated rings. The van der Waals surface area contributed by atoms with Gasteiger partial charge in [0.2, 0.25) is 0 Å². The third-order valence-corrected chi connectivity index (χ3v) is 5.83. The van der Waals surface area contributed by atoms with E-state index < -0.39 is 0 Å². The van der Waals surface area contributed by atoms with Gasteiger partial charge in [-0.15, -0.1) is 6.42 Å². The number of aromatic nitrogens is 1. The van der Waals surface area contributed by atoms with E-state index in [4.69, 9.17) is 6.42 Å². The Kier molecular flexibility index (Phi) is 2.66. The molecule has 0 saturated carbocycles. The van der Waals surface area contributed by atoms with Crippen LogP contribution in [0.1, 0.15) is 30.1 Å². The highest BCUT2D eigenvalue weighted by Gasteiger charge is 2.42. The topological polar surface area (TPSA) is 8.17 Å². The molecule has 0 spiro atoms. The minimum absolute atomic E-state index is 0.522. The van der Waals surface area contributed by atoms with Crippen LogP contribution in [0.2, 0.25) is 0 Å². The van der Waals surface area contributed by atoms with E-state index in [1.54, 1.807) is 0 Å². The first kappa shape index (κ1) is 13.2. The van der Waals surface area contributed by atoms with E-state index in [0.717, 1.165) is 17.7 Å². The van der Waals surface area contributed by atoms with E-state index in [9.17, 15) is 0 Å². The molecule has 1 saturated heterocycles. The van der Waals surface area contributed by atoms with Crippen molar-refractivity contribution in [3.05, 3.63) is 53.8 Å². The zero-order valence-corrected chi connectivity index (χ0v) is 13.3. The van der Waals surface area contributed by atoms with Crippen LogP contribution in [0.4, 0.5) is 0 Å². The van der Waals surface area contributed by atoms with Crippen molar-refractivity contribution in [1.82, 2.24) is 9.47 Å². The molecule has 2 nitrogen and oxygen atoms in total. The number of benzene rings is 1. The Balaban J connectivity index is 1.88. The van der Waals surface area contributed by atoms with Crippen LogP contribution >= 0.6 is 0 Å². The summed E-state index contributed by atoms with van der Waals surface area (Å²) in [4.78, 5) is 2.68. The predicted molar refractivity (Wildman–Crippen MR) is 94.9 cm³/mol. The predicted octanol–water partition coefficient (Wildman–Crippen LogP) is 3.99. The molecule has 4 heterocycles. The number of fused-ring (bicyclic) bond motifs is 3. The number of rotatable bonds is 1. The van der Waals surface area contributed by atoms with Crippen molar-refractivity contribution >= 4 is 16.6 Å². The Morgan fingerprint density at radius 2 is 2.13 bits per heavy atom. The Bertz CT molecular complexity index is 906. The lowest BCUT2D eigenvalue weighted by Crippen LogP contribution is -2.45. The Morgan fingerprint density at radius 3 is 3.00 bits per heavy atom. The normalized spacial score (nSPS) is 25.6. The number of nitrogens with zero attached hydrogens (tertiary/aromatic N) is 2. The van der Waals surface area contributed by atoms with Crippen LogP contribution in [0, 0.1) is 18.3 Å². The number of para-hydroxylation sites is 1. The van der Waals surface area contributed by atoms with Crippen molar-refractivity contribution in [2.45, 2.75) is 25.3 Å². The molecular weight excluding hydrogens is 280 g/mol. The van der Waals surface area contributed by atoms with Crippen molar-refractivity contribution in [3.8, 4) is 12.3 Å². The molecule has 1 aromatic carbocycles. The Hall–Kier alpha value is -2.24. The lowest BCUT2D eigenvalue weighted by molar-refractivity contribution is 0.0977. The second kappa shape index (κ2) is 4.63. The molecule has 2 aromatic rings. The first-order chi connectivity index (χ1) is 11.3. The second-order valence-electron chi connectivity index (χ2n) is 6.93. The SMILES string of the molecule is C#CC(=C)C1=CC2CCCN3CCc4c(n1c1ccccc41)C23. The van der Waals surface area contributed by atoms with Gasteiger partial charge < -0.3 is 4.57 Å². The van der Waals surface area contributed by atoms with Crippen molar-refractivity contribution in [2.75, 3.05) is 13.1 Å². The quantitative estimate of drug-likeness (QED) is 0.723. The number of allylic oxidation sites excluding steroid dienone is 2. The summed E-state index contributed by atoms with van der Waals surface area (Å²) in [6.45, 7) is 6.55. The molecule has 2 heteroatoms. The molecule has 23 heavy (non-hydrogen) atoms. The first-order valence-corrected chi connectivity index (χ1v) is 8.54. The summed E-state index contributed by atoms with van der Waals surface area (Å²) in [6.07, 6.45) is 11.8. The van der Waals surface area contributed by atoms with Crippen molar-refractivity contribution in [1.29, 1.82) is 0 Å². The zero-order valence-electron chi connectivity index (χ0n) is 13.3. The molecule has 5 rings (SSSR count). The maximum Gasteiger partial charge on any atom is 0.0573 e. The van der Waals surface area contributed by atoms with E-state index >= 15 is 0 Å². The van der Waals surface area contributed by atoms with Gasteiger partial charge in [0.15, 0.2) is 0 Å². The van der Waals surface area contributed by atoms with Gasteiger partial charge in [0.25, 0.3) is 0 Å². The Morgan fingerprint density at radius 1 is 1.26 bits per heavy atom. The Labute approximate surface area is 137 Å². The monoisotopic (exact) mass is 300 g/mol. The molecule has 3 aliphatic rings. The molecule has 0 radical (unpaired) electrons. The largest absolute Gasteiger partial charge is 0.311 e. The average molecular weight is 300 g/mol. The van der Waals surface area contributed by atoms with Gasteiger partial charge >= 0.3 is 0 Å². The number of hydrogen-bond acceptors (Lipinski definition) is 1. The molecule has 0 bridgehead atoms. The van der Waals surface area contributed by atoms with Crippen LogP contribution in [0.3, 0.4) is 0 Å². The van der Waals surface area contributed by atoms with Gasteiger partial charge in [-0.25, -0.2) is 0 Å². The third kappa shape index (κ3) is 1.63. The zero-order chi connectivity index (χ0) is 15.6. The van der Waals surface area contributed by atoms with Gasteiger partial charge in [0.05, 0.1) is 17.3 Å². The van der Waals surface area contributed by atoms with Gasteiger partial charge in [0.1, 0.15) is 0 Å². The molecule has 114 valence electrons. The number of hydrogen-bond donors (Lipinski definition) is 0. The summed E-state index contributed by atoms with van der Waals surface area (Å²) in [7, 11) is 0. The van der Waals surface area contributed by atoms with Crippen LogP contribution in [-0.4, -0.2) is 22.6 Å². The maximum absolute atomic E-state index is 5.71. The van der Waals surface area contributed by atoms with Crippen LogP contribution in [0.5, 0.6) is 0 Å². The minimum atomic E-state index is 0.522. The smallest absolute Gasteiger partial charge is 0.0573 e. The molecular formula is C21H20N2. The fourth-order valence-corrected chi connectivity index (χ4v) is 4.90. The standard InChI is InChI=1S/C21H20N2/c1-3-14(2)19-13-15-7-6-11-22-12-10-17-16-8-4-5-9-18(16)23(19)21(17)20(15)22/h1,4-5,8-9,13,15,20H,2,6-7,10-12H2. The van der Waals surface area contributed by atoms with Crippen LogP contribution in [0.15, 0.2) is 42.5 Å². The molecule has 0 amide bonds. The second-order valence-corrected chi connectivity index (χ2v) is 6.93. The average Bonchev–Trinajstić information content (AvgIpc) is 2.95. The summed E-state index contributed by atoms with van der Waals surface area (Å²) in [5.74, 6) is 3.35. The van der Waals surface area contributed by atoms with E-state index in [-0.39, 0.29) is 0 Å². The highest BCUT2D eigenvalue weighted by Crippen LogP contribution is 2.49. The molecule has 1 aromatic heterocycles.